The lowest BCUT2D eigenvalue weighted by molar-refractivity contribution is -0.139. The van der Waals surface area contributed by atoms with Crippen LogP contribution in [0.25, 0.3) is 0 Å². The predicted molar refractivity (Wildman–Crippen MR) is 76.4 cm³/mol. The van der Waals surface area contributed by atoms with E-state index >= 15 is 0 Å². The van der Waals surface area contributed by atoms with Crippen molar-refractivity contribution in [1.29, 1.82) is 0 Å². The molecule has 4 heteroatoms. The van der Waals surface area contributed by atoms with Crippen molar-refractivity contribution in [3.8, 4) is 0 Å². The van der Waals surface area contributed by atoms with E-state index in [2.05, 4.69) is 0 Å². The molecule has 1 saturated heterocycles. The van der Waals surface area contributed by atoms with Crippen molar-refractivity contribution >= 4 is 17.5 Å². The van der Waals surface area contributed by atoms with Crippen LogP contribution in [0, 0.1) is 0 Å². The van der Waals surface area contributed by atoms with Gasteiger partial charge in [0.1, 0.15) is 0 Å². The molecule has 0 aliphatic carbocycles. The monoisotopic (exact) mass is 281 g/mol. The third kappa shape index (κ3) is 4.22. The van der Waals surface area contributed by atoms with Gasteiger partial charge in [0.2, 0.25) is 5.91 Å². The van der Waals surface area contributed by atoms with Crippen molar-refractivity contribution in [3.05, 3.63) is 34.9 Å². The first-order valence-electron chi connectivity index (χ1n) is 6.78. The molecule has 19 heavy (non-hydrogen) atoms. The molecular formula is C15H20ClNO2. The molecule has 0 saturated carbocycles. The first-order valence-corrected chi connectivity index (χ1v) is 7.16. The molecule has 1 aromatic rings. The highest BCUT2D eigenvalue weighted by atomic mass is 35.5. The Kier molecular flexibility index (Phi) is 5.23. The van der Waals surface area contributed by atoms with Crippen LogP contribution in [0.3, 0.4) is 0 Å². The van der Waals surface area contributed by atoms with Gasteiger partial charge in [-0.25, -0.2) is 0 Å². The Hall–Kier alpha value is -1.06. The Morgan fingerprint density at radius 2 is 2.16 bits per heavy atom. The van der Waals surface area contributed by atoms with E-state index in [0.717, 1.165) is 24.4 Å². The van der Waals surface area contributed by atoms with Crippen LogP contribution >= 0.6 is 11.6 Å². The van der Waals surface area contributed by atoms with Crippen LogP contribution in [0.5, 0.6) is 0 Å². The summed E-state index contributed by atoms with van der Waals surface area (Å²) < 4.78 is 5.34. The van der Waals surface area contributed by atoms with Gasteiger partial charge in [0.05, 0.1) is 19.3 Å². The van der Waals surface area contributed by atoms with Gasteiger partial charge >= 0.3 is 0 Å². The molecule has 1 amide bonds. The lowest BCUT2D eigenvalue weighted by Gasteiger charge is -2.33. The summed E-state index contributed by atoms with van der Waals surface area (Å²) in [6.45, 7) is 4.08. The minimum atomic E-state index is 0.205. The molecule has 1 heterocycles. The van der Waals surface area contributed by atoms with E-state index in [4.69, 9.17) is 16.3 Å². The molecule has 1 atom stereocenters. The SMILES string of the molecule is CC1COCCN1C(=O)CCCc1ccc(Cl)cc1. The van der Waals surface area contributed by atoms with Gasteiger partial charge in [-0.3, -0.25) is 4.79 Å². The Morgan fingerprint density at radius 1 is 1.42 bits per heavy atom. The molecule has 1 aromatic carbocycles. The number of carbonyl (C=O) groups is 1. The van der Waals surface area contributed by atoms with E-state index in [1.54, 1.807) is 0 Å². The maximum absolute atomic E-state index is 12.1. The van der Waals surface area contributed by atoms with Crippen LogP contribution < -0.4 is 0 Å². The third-order valence-corrected chi connectivity index (χ3v) is 3.71. The van der Waals surface area contributed by atoms with Gasteiger partial charge in [0.15, 0.2) is 0 Å². The largest absolute Gasteiger partial charge is 0.377 e. The number of amides is 1. The highest BCUT2D eigenvalue weighted by Crippen LogP contribution is 2.13. The van der Waals surface area contributed by atoms with Crippen molar-refractivity contribution in [1.82, 2.24) is 4.90 Å². The average Bonchev–Trinajstić information content (AvgIpc) is 2.41. The number of morpholine rings is 1. The van der Waals surface area contributed by atoms with Crippen LogP contribution in [0.15, 0.2) is 24.3 Å². The summed E-state index contributed by atoms with van der Waals surface area (Å²) in [4.78, 5) is 14.0. The summed E-state index contributed by atoms with van der Waals surface area (Å²) in [6.07, 6.45) is 2.40. The Bertz CT molecular complexity index is 419. The van der Waals surface area contributed by atoms with Gasteiger partial charge in [-0.15, -0.1) is 0 Å². The van der Waals surface area contributed by atoms with Crippen LogP contribution in [-0.4, -0.2) is 36.6 Å². The number of hydrogen-bond acceptors (Lipinski definition) is 2. The van der Waals surface area contributed by atoms with E-state index in [9.17, 15) is 4.79 Å². The smallest absolute Gasteiger partial charge is 0.222 e. The number of ether oxygens (including phenoxy) is 1. The second kappa shape index (κ2) is 6.92. The zero-order valence-corrected chi connectivity index (χ0v) is 12.0. The zero-order chi connectivity index (χ0) is 13.7. The van der Waals surface area contributed by atoms with Gasteiger partial charge in [0.25, 0.3) is 0 Å². The normalized spacial score (nSPS) is 19.5. The third-order valence-electron chi connectivity index (χ3n) is 3.46. The highest BCUT2D eigenvalue weighted by Gasteiger charge is 2.22. The number of rotatable bonds is 4. The molecule has 1 aliphatic rings. The van der Waals surface area contributed by atoms with Gasteiger partial charge in [0, 0.05) is 18.0 Å². The Morgan fingerprint density at radius 3 is 2.84 bits per heavy atom. The fourth-order valence-corrected chi connectivity index (χ4v) is 2.46. The summed E-state index contributed by atoms with van der Waals surface area (Å²) in [6, 6.07) is 8.02. The van der Waals surface area contributed by atoms with E-state index in [0.29, 0.717) is 19.6 Å². The van der Waals surface area contributed by atoms with Crippen LogP contribution in [-0.2, 0) is 16.0 Å². The van der Waals surface area contributed by atoms with Crippen LogP contribution in [0.2, 0.25) is 5.02 Å². The molecule has 1 aliphatic heterocycles. The summed E-state index contributed by atoms with van der Waals surface area (Å²) in [7, 11) is 0. The topological polar surface area (TPSA) is 29.5 Å². The van der Waals surface area contributed by atoms with Crippen LogP contribution in [0.4, 0.5) is 0 Å². The first-order chi connectivity index (χ1) is 9.16. The average molecular weight is 282 g/mol. The van der Waals surface area contributed by atoms with E-state index in [1.807, 2.05) is 36.1 Å². The number of halogens is 1. The molecule has 0 bridgehead atoms. The Labute approximate surface area is 119 Å². The second-order valence-corrected chi connectivity index (χ2v) is 5.43. The lowest BCUT2D eigenvalue weighted by Crippen LogP contribution is -2.47. The summed E-state index contributed by atoms with van der Waals surface area (Å²) in [5.41, 5.74) is 1.23. The number of aryl methyl sites for hydroxylation is 1. The second-order valence-electron chi connectivity index (χ2n) is 4.99. The molecule has 0 spiro atoms. The van der Waals surface area contributed by atoms with Crippen molar-refractivity contribution in [2.24, 2.45) is 0 Å². The summed E-state index contributed by atoms with van der Waals surface area (Å²) in [5, 5.41) is 0.752. The minimum absolute atomic E-state index is 0.205. The van der Waals surface area contributed by atoms with Gasteiger partial charge in [-0.1, -0.05) is 23.7 Å². The number of benzene rings is 1. The molecular weight excluding hydrogens is 262 g/mol. The first kappa shape index (κ1) is 14.4. The van der Waals surface area contributed by atoms with Crippen molar-refractivity contribution in [2.45, 2.75) is 32.2 Å². The fourth-order valence-electron chi connectivity index (χ4n) is 2.34. The van der Waals surface area contributed by atoms with Gasteiger partial charge in [-0.05, 0) is 37.5 Å². The molecule has 1 unspecified atom stereocenters. The maximum atomic E-state index is 12.1. The fraction of sp³-hybridized carbons (Fsp3) is 0.533. The van der Waals surface area contributed by atoms with Crippen LogP contribution in [0.1, 0.15) is 25.3 Å². The minimum Gasteiger partial charge on any atom is -0.377 e. The molecule has 0 aromatic heterocycles. The van der Waals surface area contributed by atoms with Crippen molar-refractivity contribution in [2.75, 3.05) is 19.8 Å². The van der Waals surface area contributed by atoms with E-state index in [1.165, 1.54) is 5.56 Å². The molecule has 0 N–H and O–H groups in total. The summed E-state index contributed by atoms with van der Waals surface area (Å²) in [5.74, 6) is 0.241. The van der Waals surface area contributed by atoms with E-state index in [-0.39, 0.29) is 11.9 Å². The lowest BCUT2D eigenvalue weighted by atomic mass is 10.1. The van der Waals surface area contributed by atoms with E-state index < -0.39 is 0 Å². The standard InChI is InChI=1S/C15H20ClNO2/c1-12-11-19-10-9-17(12)15(18)4-2-3-13-5-7-14(16)8-6-13/h5-8,12H,2-4,9-11H2,1H3. The molecule has 2 rings (SSSR count). The number of carbonyl (C=O) groups excluding carboxylic acids is 1. The maximum Gasteiger partial charge on any atom is 0.222 e. The molecule has 3 nitrogen and oxygen atoms in total. The van der Waals surface area contributed by atoms with Gasteiger partial charge < -0.3 is 9.64 Å². The van der Waals surface area contributed by atoms with Crippen molar-refractivity contribution < 1.29 is 9.53 Å². The molecule has 1 fully saturated rings. The number of hydrogen-bond donors (Lipinski definition) is 0. The predicted octanol–water partition coefficient (Wildman–Crippen LogP) is 2.91. The molecule has 104 valence electrons. The molecule has 0 radical (unpaired) electrons. The van der Waals surface area contributed by atoms with Gasteiger partial charge in [-0.2, -0.15) is 0 Å². The number of nitrogens with zero attached hydrogens (tertiary/aromatic N) is 1. The zero-order valence-electron chi connectivity index (χ0n) is 11.3. The summed E-state index contributed by atoms with van der Waals surface area (Å²) >= 11 is 5.84. The Balaban J connectivity index is 1.75. The highest BCUT2D eigenvalue weighted by molar-refractivity contribution is 6.30. The quantitative estimate of drug-likeness (QED) is 0.849. The van der Waals surface area contributed by atoms with Crippen molar-refractivity contribution in [3.63, 3.8) is 0 Å².